The van der Waals surface area contributed by atoms with E-state index in [1.807, 2.05) is 31.2 Å². The first-order valence-electron chi connectivity index (χ1n) is 6.76. The van der Waals surface area contributed by atoms with Gasteiger partial charge in [-0.2, -0.15) is 0 Å². The maximum absolute atomic E-state index is 12.1. The van der Waals surface area contributed by atoms with Crippen LogP contribution in [0.2, 0.25) is 0 Å². The molecule has 0 aliphatic heterocycles. The highest BCUT2D eigenvalue weighted by molar-refractivity contribution is 6.02. The minimum atomic E-state index is -0.336. The molecule has 0 saturated carbocycles. The van der Waals surface area contributed by atoms with Crippen LogP contribution in [0.3, 0.4) is 0 Å². The third-order valence-electron chi connectivity index (χ3n) is 3.04. The Hall–Kier alpha value is -3.02. The first-order valence-corrected chi connectivity index (χ1v) is 6.76. The summed E-state index contributed by atoms with van der Waals surface area (Å²) in [4.78, 5) is 20.5. The van der Waals surface area contributed by atoms with E-state index in [2.05, 4.69) is 20.4 Å². The number of carbonyl (C=O) groups is 1. The lowest BCUT2D eigenvalue weighted by Gasteiger charge is -2.06. The molecule has 3 rings (SSSR count). The molecule has 2 heterocycles. The van der Waals surface area contributed by atoms with Crippen molar-refractivity contribution < 1.29 is 9.32 Å². The quantitative estimate of drug-likeness (QED) is 0.803. The summed E-state index contributed by atoms with van der Waals surface area (Å²) in [6, 6.07) is 10.9. The molecule has 1 aromatic carbocycles. The summed E-state index contributed by atoms with van der Waals surface area (Å²) < 4.78 is 4.95. The molecule has 22 heavy (non-hydrogen) atoms. The lowest BCUT2D eigenvalue weighted by atomic mass is 10.1. The highest BCUT2D eigenvalue weighted by atomic mass is 16.5. The van der Waals surface area contributed by atoms with Gasteiger partial charge in [0.05, 0.1) is 11.4 Å². The van der Waals surface area contributed by atoms with Crippen molar-refractivity contribution >= 4 is 11.6 Å². The van der Waals surface area contributed by atoms with Gasteiger partial charge in [-0.1, -0.05) is 17.3 Å². The van der Waals surface area contributed by atoms with Crippen LogP contribution in [0.4, 0.5) is 5.69 Å². The Morgan fingerprint density at radius 3 is 2.77 bits per heavy atom. The number of amides is 1. The minimum absolute atomic E-state index is 0.181. The van der Waals surface area contributed by atoms with Crippen LogP contribution in [0, 0.1) is 13.8 Å². The van der Waals surface area contributed by atoms with Crippen molar-refractivity contribution in [2.24, 2.45) is 0 Å². The van der Waals surface area contributed by atoms with Gasteiger partial charge in [0.25, 0.3) is 5.91 Å². The lowest BCUT2D eigenvalue weighted by Crippen LogP contribution is -2.10. The molecule has 1 N–H and O–H groups in total. The van der Waals surface area contributed by atoms with Crippen molar-refractivity contribution in [2.75, 3.05) is 5.32 Å². The largest absolute Gasteiger partial charge is 0.351 e. The van der Waals surface area contributed by atoms with E-state index < -0.39 is 0 Å². The number of benzene rings is 1. The van der Waals surface area contributed by atoms with Crippen LogP contribution in [0.25, 0.3) is 11.3 Å². The van der Waals surface area contributed by atoms with Crippen LogP contribution in [0.15, 0.2) is 47.1 Å². The predicted molar refractivity (Wildman–Crippen MR) is 81.4 cm³/mol. The van der Waals surface area contributed by atoms with Gasteiger partial charge < -0.3 is 9.84 Å². The third-order valence-corrected chi connectivity index (χ3v) is 3.04. The smallest absolute Gasteiger partial charge is 0.294 e. The van der Waals surface area contributed by atoms with Crippen LogP contribution in [0.1, 0.15) is 22.1 Å². The highest BCUT2D eigenvalue weighted by Crippen LogP contribution is 2.21. The number of aromatic nitrogens is 3. The van der Waals surface area contributed by atoms with Gasteiger partial charge >= 0.3 is 0 Å². The number of nitrogens with one attached hydrogen (secondary N) is 1. The van der Waals surface area contributed by atoms with Gasteiger partial charge in [-0.25, -0.2) is 9.97 Å². The Labute approximate surface area is 127 Å². The molecular formula is C16H14N4O2. The van der Waals surface area contributed by atoms with Crippen LogP contribution in [-0.2, 0) is 0 Å². The van der Waals surface area contributed by atoms with Gasteiger partial charge in [0.1, 0.15) is 5.82 Å². The van der Waals surface area contributed by atoms with E-state index in [9.17, 15) is 4.79 Å². The number of carbonyl (C=O) groups excluding carboxylic acids is 1. The number of anilines is 1. The number of aryl methyl sites for hydroxylation is 2. The summed E-state index contributed by atoms with van der Waals surface area (Å²) in [7, 11) is 0. The number of hydrogen-bond acceptors (Lipinski definition) is 5. The topological polar surface area (TPSA) is 80.9 Å². The summed E-state index contributed by atoms with van der Waals surface area (Å²) in [5, 5.41) is 6.48. The lowest BCUT2D eigenvalue weighted by molar-refractivity contribution is 0.0988. The monoisotopic (exact) mass is 294 g/mol. The summed E-state index contributed by atoms with van der Waals surface area (Å²) in [6.07, 6.45) is 1.71. The predicted octanol–water partition coefficient (Wildman–Crippen LogP) is 3.00. The SMILES string of the molecule is Cc1cc(C(=O)Nc2cccc(-c3ccnc(C)n3)c2)on1. The van der Waals surface area contributed by atoms with Crippen LogP contribution < -0.4 is 5.32 Å². The van der Waals surface area contributed by atoms with E-state index >= 15 is 0 Å². The molecule has 0 bridgehead atoms. The van der Waals surface area contributed by atoms with E-state index in [1.165, 1.54) is 0 Å². The van der Waals surface area contributed by atoms with E-state index in [0.717, 1.165) is 11.3 Å². The molecule has 1 amide bonds. The molecule has 0 radical (unpaired) electrons. The molecule has 0 spiro atoms. The van der Waals surface area contributed by atoms with Crippen LogP contribution in [0.5, 0.6) is 0 Å². The summed E-state index contributed by atoms with van der Waals surface area (Å²) >= 11 is 0. The maximum atomic E-state index is 12.1. The molecule has 0 saturated heterocycles. The van der Waals surface area contributed by atoms with Gasteiger partial charge in [0, 0.05) is 23.5 Å². The van der Waals surface area contributed by atoms with E-state index in [4.69, 9.17) is 4.52 Å². The fourth-order valence-corrected chi connectivity index (χ4v) is 2.04. The molecule has 6 heteroatoms. The summed E-state index contributed by atoms with van der Waals surface area (Å²) in [5.41, 5.74) is 3.03. The second kappa shape index (κ2) is 5.77. The van der Waals surface area contributed by atoms with Crippen molar-refractivity contribution in [2.45, 2.75) is 13.8 Å². The van der Waals surface area contributed by atoms with Crippen molar-refractivity contribution in [1.29, 1.82) is 0 Å². The number of hydrogen-bond donors (Lipinski definition) is 1. The summed E-state index contributed by atoms with van der Waals surface area (Å²) in [5.74, 6) is 0.543. The van der Waals surface area contributed by atoms with E-state index in [1.54, 1.807) is 25.3 Å². The first kappa shape index (κ1) is 13.9. The van der Waals surface area contributed by atoms with Crippen molar-refractivity contribution in [1.82, 2.24) is 15.1 Å². The van der Waals surface area contributed by atoms with E-state index in [-0.39, 0.29) is 11.7 Å². The first-order chi connectivity index (χ1) is 10.6. The molecule has 0 atom stereocenters. The Morgan fingerprint density at radius 2 is 2.05 bits per heavy atom. The normalized spacial score (nSPS) is 10.5. The zero-order valence-electron chi connectivity index (χ0n) is 12.2. The molecule has 6 nitrogen and oxygen atoms in total. The van der Waals surface area contributed by atoms with Crippen molar-refractivity contribution in [3.05, 3.63) is 59.9 Å². The van der Waals surface area contributed by atoms with E-state index in [0.29, 0.717) is 17.2 Å². The third kappa shape index (κ3) is 3.01. The van der Waals surface area contributed by atoms with Gasteiger partial charge in [0.2, 0.25) is 5.76 Å². The van der Waals surface area contributed by atoms with Crippen LogP contribution in [-0.4, -0.2) is 21.0 Å². The fraction of sp³-hybridized carbons (Fsp3) is 0.125. The Bertz CT molecular complexity index is 826. The number of nitrogens with zero attached hydrogens (tertiary/aromatic N) is 3. The molecular weight excluding hydrogens is 280 g/mol. The Balaban J connectivity index is 1.84. The summed E-state index contributed by atoms with van der Waals surface area (Å²) in [6.45, 7) is 3.60. The Kier molecular flexibility index (Phi) is 3.65. The van der Waals surface area contributed by atoms with Crippen LogP contribution >= 0.6 is 0 Å². The van der Waals surface area contributed by atoms with Crippen molar-refractivity contribution in [3.8, 4) is 11.3 Å². The van der Waals surface area contributed by atoms with Gasteiger partial charge in [-0.15, -0.1) is 0 Å². The molecule has 2 aromatic heterocycles. The molecule has 0 aliphatic carbocycles. The second-order valence-corrected chi connectivity index (χ2v) is 4.86. The van der Waals surface area contributed by atoms with Gasteiger partial charge in [-0.05, 0) is 32.0 Å². The average molecular weight is 294 g/mol. The second-order valence-electron chi connectivity index (χ2n) is 4.86. The molecule has 110 valence electrons. The minimum Gasteiger partial charge on any atom is -0.351 e. The average Bonchev–Trinajstić information content (AvgIpc) is 2.94. The van der Waals surface area contributed by atoms with Gasteiger partial charge in [-0.3, -0.25) is 4.79 Å². The Morgan fingerprint density at radius 1 is 1.18 bits per heavy atom. The molecule has 0 unspecified atom stereocenters. The standard InChI is InChI=1S/C16H14N4O2/c1-10-8-15(22-20-10)16(21)19-13-5-3-4-12(9-13)14-6-7-17-11(2)18-14/h3-9H,1-2H3,(H,19,21). The zero-order chi connectivity index (χ0) is 15.5. The van der Waals surface area contributed by atoms with Crippen molar-refractivity contribution in [3.63, 3.8) is 0 Å². The highest BCUT2D eigenvalue weighted by Gasteiger charge is 2.12. The number of rotatable bonds is 3. The fourth-order valence-electron chi connectivity index (χ4n) is 2.04. The maximum Gasteiger partial charge on any atom is 0.294 e. The molecule has 0 fully saturated rings. The van der Waals surface area contributed by atoms with Gasteiger partial charge in [0.15, 0.2) is 0 Å². The molecule has 3 aromatic rings. The molecule has 0 aliphatic rings. The zero-order valence-corrected chi connectivity index (χ0v) is 12.2.